The second kappa shape index (κ2) is 7.19. The molecule has 1 fully saturated rings. The Balaban J connectivity index is 1.93. The highest BCUT2D eigenvalue weighted by molar-refractivity contribution is 5.93. The van der Waals surface area contributed by atoms with Gasteiger partial charge in [0.2, 0.25) is 0 Å². The zero-order valence-corrected chi connectivity index (χ0v) is 16.2. The topological polar surface area (TPSA) is 77.0 Å². The largest absolute Gasteiger partial charge is 0.336 e. The van der Waals surface area contributed by atoms with Crippen LogP contribution in [-0.4, -0.2) is 44.9 Å². The van der Waals surface area contributed by atoms with Crippen molar-refractivity contribution >= 4 is 5.91 Å². The highest BCUT2D eigenvalue weighted by Gasteiger charge is 2.29. The van der Waals surface area contributed by atoms with E-state index in [1.807, 2.05) is 0 Å². The highest BCUT2D eigenvalue weighted by atomic mass is 16.2. The van der Waals surface area contributed by atoms with Crippen molar-refractivity contribution < 1.29 is 4.79 Å². The molecule has 1 atom stereocenters. The molecule has 1 aromatic heterocycles. The lowest BCUT2D eigenvalue weighted by Crippen LogP contribution is -2.32. The summed E-state index contributed by atoms with van der Waals surface area (Å²) in [5.41, 5.74) is 9.58. The molecule has 1 aliphatic rings. The predicted molar refractivity (Wildman–Crippen MR) is 103 cm³/mol. The third kappa shape index (κ3) is 3.65. The average molecular weight is 355 g/mol. The molecule has 1 aliphatic heterocycles. The summed E-state index contributed by atoms with van der Waals surface area (Å²) in [5, 5.41) is 8.53. The van der Waals surface area contributed by atoms with Crippen molar-refractivity contribution in [1.29, 1.82) is 0 Å². The number of nitrogens with two attached hydrogens (primary N) is 1. The van der Waals surface area contributed by atoms with Gasteiger partial charge in [-0.1, -0.05) is 51.5 Å². The van der Waals surface area contributed by atoms with Gasteiger partial charge in [-0.3, -0.25) is 4.79 Å². The molecule has 3 rings (SSSR count). The molecule has 6 nitrogen and oxygen atoms in total. The first-order chi connectivity index (χ1) is 12.3. The van der Waals surface area contributed by atoms with E-state index in [-0.39, 0.29) is 17.4 Å². The van der Waals surface area contributed by atoms with Gasteiger partial charge in [-0.2, -0.15) is 0 Å². The van der Waals surface area contributed by atoms with Crippen molar-refractivity contribution in [2.45, 2.75) is 58.4 Å². The van der Waals surface area contributed by atoms with Crippen molar-refractivity contribution in [1.82, 2.24) is 19.9 Å². The maximum atomic E-state index is 12.9. The Hall–Kier alpha value is -2.21. The minimum atomic E-state index is -0.0565. The number of aromatic nitrogens is 3. The summed E-state index contributed by atoms with van der Waals surface area (Å²) in [5.74, 6) is -0.0565. The van der Waals surface area contributed by atoms with Gasteiger partial charge >= 0.3 is 0 Å². The van der Waals surface area contributed by atoms with Crippen LogP contribution in [0.25, 0.3) is 5.69 Å². The Kier molecular flexibility index (Phi) is 5.14. The molecular weight excluding hydrogens is 326 g/mol. The quantitative estimate of drug-likeness (QED) is 0.915. The lowest BCUT2D eigenvalue weighted by Gasteiger charge is -2.19. The Morgan fingerprint density at radius 2 is 1.96 bits per heavy atom. The Morgan fingerprint density at radius 1 is 1.27 bits per heavy atom. The number of carbonyl (C=O) groups is 1. The fraction of sp³-hybridized carbons (Fsp3) is 0.550. The minimum Gasteiger partial charge on any atom is -0.336 e. The second-order valence-corrected chi connectivity index (χ2v) is 8.14. The molecule has 0 spiro atoms. The molecule has 0 aliphatic carbocycles. The van der Waals surface area contributed by atoms with Crippen LogP contribution in [0, 0.1) is 0 Å². The zero-order valence-electron chi connectivity index (χ0n) is 16.2. The molecule has 1 saturated heterocycles. The minimum absolute atomic E-state index is 0.0565. The summed E-state index contributed by atoms with van der Waals surface area (Å²) in [6, 6.07) is 8.40. The predicted octanol–water partition coefficient (Wildman–Crippen LogP) is 2.69. The monoisotopic (exact) mass is 355 g/mol. The molecule has 1 aromatic carbocycles. The van der Waals surface area contributed by atoms with E-state index in [2.05, 4.69) is 62.3 Å². The summed E-state index contributed by atoms with van der Waals surface area (Å²) in [7, 11) is 0. The number of hydrogen-bond donors (Lipinski definition) is 1. The van der Waals surface area contributed by atoms with Gasteiger partial charge in [0.05, 0.1) is 11.4 Å². The van der Waals surface area contributed by atoms with Crippen molar-refractivity contribution in [2.75, 3.05) is 13.1 Å². The van der Waals surface area contributed by atoms with Crippen LogP contribution < -0.4 is 5.73 Å². The third-order valence-corrected chi connectivity index (χ3v) is 4.94. The number of rotatable bonds is 4. The van der Waals surface area contributed by atoms with Crippen molar-refractivity contribution in [3.05, 3.63) is 41.2 Å². The fourth-order valence-electron chi connectivity index (χ4n) is 3.36. The Bertz CT molecular complexity index is 772. The average Bonchev–Trinajstić information content (AvgIpc) is 3.21. The van der Waals surface area contributed by atoms with Crippen LogP contribution in [0.4, 0.5) is 0 Å². The fourth-order valence-corrected chi connectivity index (χ4v) is 3.36. The van der Waals surface area contributed by atoms with Crippen LogP contribution in [0.15, 0.2) is 24.3 Å². The molecule has 0 unspecified atom stereocenters. The SMILES string of the molecule is CCCc1c(C(=O)N2CC[C@@H](N)C2)nnn1-c1ccc(C(C)(C)C)cc1. The van der Waals surface area contributed by atoms with E-state index in [0.717, 1.165) is 30.6 Å². The van der Waals surface area contributed by atoms with E-state index in [1.165, 1.54) is 5.56 Å². The van der Waals surface area contributed by atoms with Gasteiger partial charge in [-0.15, -0.1) is 5.10 Å². The van der Waals surface area contributed by atoms with Crippen LogP contribution in [0.1, 0.15) is 62.3 Å². The molecule has 2 heterocycles. The van der Waals surface area contributed by atoms with Gasteiger partial charge in [0, 0.05) is 19.1 Å². The van der Waals surface area contributed by atoms with Gasteiger partial charge in [0.25, 0.3) is 5.91 Å². The summed E-state index contributed by atoms with van der Waals surface area (Å²) < 4.78 is 1.80. The van der Waals surface area contributed by atoms with Crippen LogP contribution in [-0.2, 0) is 11.8 Å². The van der Waals surface area contributed by atoms with Gasteiger partial charge in [0.1, 0.15) is 0 Å². The summed E-state index contributed by atoms with van der Waals surface area (Å²) in [4.78, 5) is 14.7. The van der Waals surface area contributed by atoms with Crippen LogP contribution in [0.5, 0.6) is 0 Å². The molecule has 2 aromatic rings. The number of amides is 1. The van der Waals surface area contributed by atoms with Gasteiger partial charge in [0.15, 0.2) is 5.69 Å². The van der Waals surface area contributed by atoms with E-state index in [1.54, 1.807) is 9.58 Å². The van der Waals surface area contributed by atoms with Gasteiger partial charge in [-0.05, 0) is 36.0 Å². The third-order valence-electron chi connectivity index (χ3n) is 4.94. The first-order valence-corrected chi connectivity index (χ1v) is 9.41. The summed E-state index contributed by atoms with van der Waals surface area (Å²) in [6.45, 7) is 9.96. The summed E-state index contributed by atoms with van der Waals surface area (Å²) >= 11 is 0. The number of likely N-dealkylation sites (tertiary alicyclic amines) is 1. The lowest BCUT2D eigenvalue weighted by molar-refractivity contribution is 0.0784. The van der Waals surface area contributed by atoms with Gasteiger partial charge in [-0.25, -0.2) is 4.68 Å². The van der Waals surface area contributed by atoms with E-state index in [0.29, 0.717) is 18.8 Å². The van der Waals surface area contributed by atoms with Crippen molar-refractivity contribution in [3.63, 3.8) is 0 Å². The number of nitrogens with zero attached hydrogens (tertiary/aromatic N) is 4. The van der Waals surface area contributed by atoms with E-state index >= 15 is 0 Å². The number of benzene rings is 1. The summed E-state index contributed by atoms with van der Waals surface area (Å²) in [6.07, 6.45) is 2.53. The highest BCUT2D eigenvalue weighted by Crippen LogP contribution is 2.24. The molecule has 0 saturated carbocycles. The lowest BCUT2D eigenvalue weighted by atomic mass is 9.87. The molecule has 140 valence electrons. The zero-order chi connectivity index (χ0) is 18.9. The van der Waals surface area contributed by atoms with E-state index < -0.39 is 0 Å². The Labute approximate surface area is 155 Å². The van der Waals surface area contributed by atoms with Crippen molar-refractivity contribution in [2.24, 2.45) is 5.73 Å². The first kappa shape index (κ1) is 18.6. The number of carbonyl (C=O) groups excluding carboxylic acids is 1. The normalized spacial score (nSPS) is 17.7. The van der Waals surface area contributed by atoms with Crippen LogP contribution in [0.2, 0.25) is 0 Å². The van der Waals surface area contributed by atoms with Gasteiger partial charge < -0.3 is 10.6 Å². The molecule has 6 heteroatoms. The van der Waals surface area contributed by atoms with Crippen molar-refractivity contribution in [3.8, 4) is 5.69 Å². The van der Waals surface area contributed by atoms with E-state index in [4.69, 9.17) is 5.73 Å². The molecule has 1 amide bonds. The smallest absolute Gasteiger partial charge is 0.276 e. The maximum absolute atomic E-state index is 12.9. The molecule has 2 N–H and O–H groups in total. The van der Waals surface area contributed by atoms with Crippen LogP contribution >= 0.6 is 0 Å². The molecular formula is C20H29N5O. The van der Waals surface area contributed by atoms with Crippen LogP contribution in [0.3, 0.4) is 0 Å². The first-order valence-electron chi connectivity index (χ1n) is 9.41. The molecule has 0 radical (unpaired) electrons. The number of hydrogen-bond acceptors (Lipinski definition) is 4. The second-order valence-electron chi connectivity index (χ2n) is 8.14. The molecule has 26 heavy (non-hydrogen) atoms. The standard InChI is InChI=1S/C20H29N5O/c1-5-6-17-18(19(26)24-12-11-15(21)13-24)22-23-25(17)16-9-7-14(8-10-16)20(2,3)4/h7-10,15H,5-6,11-13,21H2,1-4H3/t15-/m1/s1. The maximum Gasteiger partial charge on any atom is 0.276 e. The Morgan fingerprint density at radius 3 is 2.50 bits per heavy atom. The van der Waals surface area contributed by atoms with E-state index in [9.17, 15) is 4.79 Å². The molecule has 0 bridgehead atoms.